The van der Waals surface area contributed by atoms with E-state index in [0.717, 1.165) is 24.1 Å². The number of fused-ring (bicyclic) bond motifs is 1. The largest absolute Gasteiger partial charge is 0.420 e. The van der Waals surface area contributed by atoms with Crippen LogP contribution in [0, 0.1) is 0 Å². The van der Waals surface area contributed by atoms with Gasteiger partial charge in [0.1, 0.15) is 5.52 Å². The second-order valence-corrected chi connectivity index (χ2v) is 8.23. The lowest BCUT2D eigenvalue weighted by Crippen LogP contribution is -2.37. The van der Waals surface area contributed by atoms with Crippen molar-refractivity contribution in [3.05, 3.63) is 76.8 Å². The van der Waals surface area contributed by atoms with E-state index < -0.39 is 0 Å². The molecule has 4 aromatic rings. The average Bonchev–Trinajstić information content (AvgIpc) is 3.50. The summed E-state index contributed by atoms with van der Waals surface area (Å²) in [6.45, 7) is 1.39. The first kappa shape index (κ1) is 20.2. The van der Waals surface area contributed by atoms with Gasteiger partial charge in [0.05, 0.1) is 0 Å². The van der Waals surface area contributed by atoms with Crippen LogP contribution in [0.4, 0.5) is 0 Å². The molecule has 1 fully saturated rings. The summed E-state index contributed by atoms with van der Waals surface area (Å²) in [5, 5.41) is 8.43. The molecule has 0 saturated carbocycles. The summed E-state index contributed by atoms with van der Waals surface area (Å²) < 4.78 is 7.72. The number of H-pyrrole nitrogens is 1. The number of aromatic amines is 1. The monoisotopic (exact) mass is 431 g/mol. The minimum atomic E-state index is -0.0997. The van der Waals surface area contributed by atoms with Gasteiger partial charge in [0.15, 0.2) is 0 Å². The lowest BCUT2D eigenvalue weighted by Gasteiger charge is -2.30. The molecule has 5 rings (SSSR count). The lowest BCUT2D eigenvalue weighted by molar-refractivity contribution is -0.132. The summed E-state index contributed by atoms with van der Waals surface area (Å²) in [7, 11) is 0. The van der Waals surface area contributed by atoms with E-state index in [1.807, 2.05) is 58.1 Å². The Balaban J connectivity index is 1.11. The van der Waals surface area contributed by atoms with Gasteiger partial charge in [0.25, 0.3) is 5.56 Å². The Morgan fingerprint density at radius 3 is 2.72 bits per heavy atom. The van der Waals surface area contributed by atoms with E-state index in [9.17, 15) is 9.59 Å². The molecular weight excluding hydrogens is 406 g/mol. The zero-order chi connectivity index (χ0) is 21.9. The molecule has 0 unspecified atom stereocenters. The first-order valence-corrected chi connectivity index (χ1v) is 11.0. The van der Waals surface area contributed by atoms with Gasteiger partial charge >= 0.3 is 0 Å². The molecule has 4 heterocycles. The number of amides is 1. The summed E-state index contributed by atoms with van der Waals surface area (Å²) in [5.41, 5.74) is 2.29. The Bertz CT molecular complexity index is 1270. The molecule has 0 atom stereocenters. The smallest absolute Gasteiger partial charge is 0.272 e. The van der Waals surface area contributed by atoms with Crippen LogP contribution in [0.2, 0.25) is 0 Å². The van der Waals surface area contributed by atoms with Crippen molar-refractivity contribution < 1.29 is 9.21 Å². The number of aromatic nitrogens is 4. The lowest BCUT2D eigenvalue weighted by atomic mass is 9.96. The van der Waals surface area contributed by atoms with E-state index in [1.54, 1.807) is 6.07 Å². The fourth-order valence-electron chi connectivity index (χ4n) is 4.30. The van der Waals surface area contributed by atoms with Gasteiger partial charge in [-0.15, -0.1) is 10.2 Å². The molecule has 32 heavy (non-hydrogen) atoms. The van der Waals surface area contributed by atoms with Crippen molar-refractivity contribution in [1.82, 2.24) is 24.5 Å². The van der Waals surface area contributed by atoms with Crippen molar-refractivity contribution >= 4 is 11.4 Å². The first-order valence-electron chi connectivity index (χ1n) is 11.0. The summed E-state index contributed by atoms with van der Waals surface area (Å²) in [6, 6.07) is 13.4. The van der Waals surface area contributed by atoms with Gasteiger partial charge in [-0.25, -0.2) is 0 Å². The van der Waals surface area contributed by atoms with Crippen molar-refractivity contribution in [1.29, 1.82) is 0 Å². The maximum absolute atomic E-state index is 12.7. The fraction of sp³-hybridized carbons (Fsp3) is 0.333. The van der Waals surface area contributed by atoms with E-state index in [1.165, 1.54) is 0 Å². The number of hydrogen-bond donors (Lipinski definition) is 1. The Morgan fingerprint density at radius 2 is 1.91 bits per heavy atom. The molecule has 1 aliphatic rings. The van der Waals surface area contributed by atoms with Crippen LogP contribution in [-0.2, 0) is 11.2 Å². The van der Waals surface area contributed by atoms with Crippen molar-refractivity contribution in [3.63, 3.8) is 0 Å². The second kappa shape index (κ2) is 8.82. The molecular formula is C24H25N5O3. The molecule has 1 saturated heterocycles. The minimum Gasteiger partial charge on any atom is -0.420 e. The Morgan fingerprint density at radius 1 is 1.09 bits per heavy atom. The van der Waals surface area contributed by atoms with Crippen LogP contribution in [0.5, 0.6) is 0 Å². The number of rotatable bonds is 6. The summed E-state index contributed by atoms with van der Waals surface area (Å²) in [5.74, 6) is 1.53. The van der Waals surface area contributed by atoms with E-state index in [2.05, 4.69) is 15.2 Å². The third-order valence-corrected chi connectivity index (χ3v) is 6.08. The second-order valence-electron chi connectivity index (χ2n) is 8.23. The topological polar surface area (TPSA) is 96.5 Å². The van der Waals surface area contributed by atoms with Gasteiger partial charge in [-0.05, 0) is 49.9 Å². The van der Waals surface area contributed by atoms with Crippen LogP contribution in [-0.4, -0.2) is 43.5 Å². The van der Waals surface area contributed by atoms with E-state index in [4.69, 9.17) is 4.42 Å². The normalized spacial score (nSPS) is 14.8. The third-order valence-electron chi connectivity index (χ3n) is 6.08. The Kier molecular flexibility index (Phi) is 5.58. The highest BCUT2D eigenvalue weighted by molar-refractivity contribution is 5.76. The van der Waals surface area contributed by atoms with Crippen LogP contribution in [0.1, 0.15) is 43.2 Å². The summed E-state index contributed by atoms with van der Waals surface area (Å²) >= 11 is 0. The number of aryl methyl sites for hydroxylation is 1. The maximum atomic E-state index is 12.7. The zero-order valence-electron chi connectivity index (χ0n) is 17.7. The molecule has 3 aromatic heterocycles. The number of nitrogens with zero attached hydrogens (tertiary/aromatic N) is 4. The third kappa shape index (κ3) is 4.21. The molecule has 1 aliphatic heterocycles. The molecule has 8 nitrogen and oxygen atoms in total. The number of nitrogens with one attached hydrogen (secondary N) is 1. The van der Waals surface area contributed by atoms with Crippen LogP contribution in [0.25, 0.3) is 17.0 Å². The van der Waals surface area contributed by atoms with Crippen molar-refractivity contribution in [3.8, 4) is 11.5 Å². The highest BCUT2D eigenvalue weighted by atomic mass is 16.4. The van der Waals surface area contributed by atoms with E-state index in [0.29, 0.717) is 49.7 Å². The number of likely N-dealkylation sites (tertiary alicyclic amines) is 1. The fourth-order valence-corrected chi connectivity index (χ4v) is 4.30. The number of carbonyl (C=O) groups is 1. The summed E-state index contributed by atoms with van der Waals surface area (Å²) in [6.07, 6.45) is 7.24. The van der Waals surface area contributed by atoms with Gasteiger partial charge in [0.2, 0.25) is 17.7 Å². The minimum absolute atomic E-state index is 0.0997. The molecule has 164 valence electrons. The predicted octanol–water partition coefficient (Wildman–Crippen LogP) is 3.41. The van der Waals surface area contributed by atoms with Crippen molar-refractivity contribution in [2.75, 3.05) is 13.1 Å². The van der Waals surface area contributed by atoms with Crippen LogP contribution < -0.4 is 5.56 Å². The summed E-state index contributed by atoms with van der Waals surface area (Å²) in [4.78, 5) is 29.5. The molecule has 1 amide bonds. The number of carbonyl (C=O) groups excluding carboxylic acids is 1. The van der Waals surface area contributed by atoms with Crippen molar-refractivity contribution in [2.45, 2.75) is 38.0 Å². The Labute approximate surface area is 184 Å². The van der Waals surface area contributed by atoms with Gasteiger partial charge in [-0.3, -0.25) is 9.59 Å². The van der Waals surface area contributed by atoms with Gasteiger partial charge in [-0.2, -0.15) is 0 Å². The highest BCUT2D eigenvalue weighted by Crippen LogP contribution is 2.29. The zero-order valence-corrected chi connectivity index (χ0v) is 17.7. The average molecular weight is 431 g/mol. The molecule has 1 aromatic carbocycles. The number of benzene rings is 1. The molecule has 0 aliphatic carbocycles. The van der Waals surface area contributed by atoms with E-state index >= 15 is 0 Å². The number of piperidine rings is 1. The standard InChI is InChI=1S/C24H25N5O3/c30-21(10-4-8-19-16-29-13-5-9-20(29)22(31)25-19)28-14-11-18(12-15-28)24-27-26-23(32-24)17-6-2-1-3-7-17/h1-3,5-7,9,13,16,18H,4,8,10-12,14-15H2,(H,25,31). The highest BCUT2D eigenvalue weighted by Gasteiger charge is 2.27. The maximum Gasteiger partial charge on any atom is 0.272 e. The SMILES string of the molecule is O=C(CCCc1cn2cccc2c(=O)[nH]1)N1CCC(c2nnc(-c3ccccc3)o2)CC1. The predicted molar refractivity (Wildman–Crippen MR) is 119 cm³/mol. The molecule has 0 bridgehead atoms. The molecule has 8 heteroatoms. The number of hydrogen-bond acceptors (Lipinski definition) is 5. The van der Waals surface area contributed by atoms with Crippen molar-refractivity contribution in [2.24, 2.45) is 0 Å². The van der Waals surface area contributed by atoms with Gasteiger partial charge in [0, 0.05) is 49.1 Å². The van der Waals surface area contributed by atoms with Gasteiger partial charge < -0.3 is 18.7 Å². The Hall–Kier alpha value is -3.68. The molecule has 0 spiro atoms. The van der Waals surface area contributed by atoms with Crippen LogP contribution in [0.3, 0.4) is 0 Å². The van der Waals surface area contributed by atoms with Gasteiger partial charge in [-0.1, -0.05) is 18.2 Å². The quantitative estimate of drug-likeness (QED) is 0.505. The molecule has 0 radical (unpaired) electrons. The first-order chi connectivity index (χ1) is 15.7. The van der Waals surface area contributed by atoms with Crippen LogP contribution >= 0.6 is 0 Å². The van der Waals surface area contributed by atoms with E-state index in [-0.39, 0.29) is 17.4 Å². The van der Waals surface area contributed by atoms with Crippen LogP contribution in [0.15, 0.2) is 64.1 Å². The molecule has 1 N–H and O–H groups in total.